The van der Waals surface area contributed by atoms with Crippen molar-refractivity contribution in [1.29, 1.82) is 0 Å². The summed E-state index contributed by atoms with van der Waals surface area (Å²) in [5.74, 6) is 0. The first-order valence-corrected chi connectivity index (χ1v) is 20.8. The molecule has 0 saturated heterocycles. The fourth-order valence-electron chi connectivity index (χ4n) is 9.44. The van der Waals surface area contributed by atoms with Crippen molar-refractivity contribution in [2.75, 3.05) is 0 Å². The summed E-state index contributed by atoms with van der Waals surface area (Å²) in [5, 5.41) is 22.9. The molecule has 0 aliphatic rings. The maximum Gasteiger partial charge on any atom is 0.0852 e. The van der Waals surface area contributed by atoms with E-state index in [1.54, 1.807) is 0 Å². The Morgan fingerprint density at radius 3 is 1.67 bits per heavy atom. The lowest BCUT2D eigenvalue weighted by molar-refractivity contribution is 0.386. The normalized spacial score (nSPS) is 12.8. The first-order chi connectivity index (χ1) is 29.7. The number of nitrogens with two attached hydrogens (primary N) is 1. The minimum atomic E-state index is -0.443. The Balaban J connectivity index is 0.975. The summed E-state index contributed by atoms with van der Waals surface area (Å²) in [5.41, 5.74) is 15.3. The van der Waals surface area contributed by atoms with Crippen molar-refractivity contribution in [2.45, 2.75) is 18.9 Å². The Morgan fingerprint density at radius 1 is 0.383 bits per heavy atom. The smallest absolute Gasteiger partial charge is 0.0852 e. The van der Waals surface area contributed by atoms with Crippen LogP contribution in [0.4, 0.5) is 0 Å². The van der Waals surface area contributed by atoms with Gasteiger partial charge in [-0.15, -0.1) is 0 Å². The van der Waals surface area contributed by atoms with Crippen LogP contribution in [-0.4, -0.2) is 0 Å². The average molecular weight is 770 g/mol. The second-order valence-corrected chi connectivity index (χ2v) is 15.9. The van der Waals surface area contributed by atoms with Gasteiger partial charge in [-0.25, -0.2) is 0 Å². The van der Waals surface area contributed by atoms with Crippen molar-refractivity contribution in [3.8, 4) is 22.3 Å². The van der Waals surface area contributed by atoms with Crippen LogP contribution in [0.25, 0.3) is 86.9 Å². The summed E-state index contributed by atoms with van der Waals surface area (Å²) in [6.45, 7) is 0.641. The van der Waals surface area contributed by atoms with Gasteiger partial charge in [-0.3, -0.25) is 10.6 Å². The predicted molar refractivity (Wildman–Crippen MR) is 255 cm³/mol. The Hall–Kier alpha value is -7.14. The van der Waals surface area contributed by atoms with Gasteiger partial charge in [0.2, 0.25) is 0 Å². The van der Waals surface area contributed by atoms with E-state index < -0.39 is 6.17 Å². The summed E-state index contributed by atoms with van der Waals surface area (Å²) >= 11 is 0. The van der Waals surface area contributed by atoms with Crippen LogP contribution in [0.1, 0.15) is 29.0 Å². The highest BCUT2D eigenvalue weighted by Gasteiger charge is 2.20. The van der Waals surface area contributed by atoms with E-state index in [-0.39, 0.29) is 6.17 Å². The van der Waals surface area contributed by atoms with Gasteiger partial charge in [-0.2, -0.15) is 0 Å². The second-order valence-electron chi connectivity index (χ2n) is 15.9. The van der Waals surface area contributed by atoms with Crippen LogP contribution in [-0.2, 0) is 6.54 Å². The fraction of sp³-hybridized carbons (Fsp3) is 0.0526. The largest absolute Gasteiger partial charge is 0.312 e. The third kappa shape index (κ3) is 6.37. The molecule has 2 atom stereocenters. The lowest BCUT2D eigenvalue weighted by Gasteiger charge is -2.27. The molecule has 0 aliphatic carbocycles. The maximum absolute atomic E-state index is 7.18. The molecule has 11 rings (SSSR count). The van der Waals surface area contributed by atoms with Gasteiger partial charge >= 0.3 is 0 Å². The van der Waals surface area contributed by atoms with Crippen LogP contribution in [0, 0.1) is 0 Å². The molecular formula is C57H43N3. The molecule has 0 radical (unpaired) electrons. The summed E-state index contributed by atoms with van der Waals surface area (Å²) in [4.78, 5) is 0. The fourth-order valence-corrected chi connectivity index (χ4v) is 9.44. The number of rotatable bonds is 9. The highest BCUT2D eigenvalue weighted by atomic mass is 15.2. The van der Waals surface area contributed by atoms with Gasteiger partial charge < -0.3 is 5.73 Å². The topological polar surface area (TPSA) is 50.1 Å². The van der Waals surface area contributed by atoms with Crippen molar-refractivity contribution in [3.05, 3.63) is 229 Å². The molecule has 0 aromatic heterocycles. The van der Waals surface area contributed by atoms with Crippen LogP contribution >= 0.6 is 0 Å². The summed E-state index contributed by atoms with van der Waals surface area (Å²) in [7, 11) is 0. The molecule has 3 heteroatoms. The zero-order valence-corrected chi connectivity index (χ0v) is 33.1. The van der Waals surface area contributed by atoms with E-state index in [4.69, 9.17) is 5.73 Å². The number of fused-ring (bicyclic) bond motifs is 10. The number of hydrogen-bond donors (Lipinski definition) is 3. The van der Waals surface area contributed by atoms with Crippen LogP contribution in [0.2, 0.25) is 0 Å². The van der Waals surface area contributed by atoms with Crippen molar-refractivity contribution in [3.63, 3.8) is 0 Å². The molecule has 0 saturated carbocycles. The summed E-state index contributed by atoms with van der Waals surface area (Å²) in [6.07, 6.45) is -0.700. The standard InChI is InChI=1S/C57H43N3/c58-56(52-25-13-8-18-43(52)38-14-2-1-3-15-38)60-57(42-31-32-50-48-23-10-9-21-46(48)47-22-11-12-24-49(47)54(50)35-42)59-36-37-26-28-40(29-27-37)55-45-20-7-5-17-41(45)34-53-44-19-6-4-16-39(44)30-33-51(53)55/h1-35,56-57,59-60H,36,58H2. The third-order valence-corrected chi connectivity index (χ3v) is 12.4. The molecular weight excluding hydrogens is 727 g/mol. The van der Waals surface area contributed by atoms with E-state index in [9.17, 15) is 0 Å². The first-order valence-electron chi connectivity index (χ1n) is 20.8. The van der Waals surface area contributed by atoms with Gasteiger partial charge in [0.25, 0.3) is 0 Å². The Kier molecular flexibility index (Phi) is 9.13. The molecule has 4 N–H and O–H groups in total. The number of nitrogens with one attached hydrogen (secondary N) is 2. The van der Waals surface area contributed by atoms with Gasteiger partial charge in [0.05, 0.1) is 12.3 Å². The molecule has 286 valence electrons. The van der Waals surface area contributed by atoms with Crippen molar-refractivity contribution in [2.24, 2.45) is 5.73 Å². The average Bonchev–Trinajstić information content (AvgIpc) is 3.32. The van der Waals surface area contributed by atoms with Gasteiger partial charge in [0.15, 0.2) is 0 Å². The molecule has 11 aromatic rings. The molecule has 60 heavy (non-hydrogen) atoms. The van der Waals surface area contributed by atoms with Crippen molar-refractivity contribution < 1.29 is 0 Å². The van der Waals surface area contributed by atoms with Crippen molar-refractivity contribution in [1.82, 2.24) is 10.6 Å². The second kappa shape index (κ2) is 15.2. The van der Waals surface area contributed by atoms with Crippen LogP contribution < -0.4 is 16.4 Å². The zero-order valence-electron chi connectivity index (χ0n) is 33.1. The van der Waals surface area contributed by atoms with Gasteiger partial charge in [-0.1, -0.05) is 200 Å². The monoisotopic (exact) mass is 769 g/mol. The Morgan fingerprint density at radius 2 is 0.933 bits per heavy atom. The molecule has 11 aromatic carbocycles. The van der Waals surface area contributed by atoms with Crippen LogP contribution in [0.3, 0.4) is 0 Å². The summed E-state index contributed by atoms with van der Waals surface area (Å²) < 4.78 is 0. The molecule has 0 aliphatic heterocycles. The maximum atomic E-state index is 7.18. The minimum Gasteiger partial charge on any atom is -0.312 e. The van der Waals surface area contributed by atoms with Crippen molar-refractivity contribution >= 4 is 64.6 Å². The van der Waals surface area contributed by atoms with E-state index in [0.29, 0.717) is 6.54 Å². The molecule has 3 nitrogen and oxygen atoms in total. The van der Waals surface area contributed by atoms with E-state index in [0.717, 1.165) is 22.3 Å². The molecule has 0 fully saturated rings. The van der Waals surface area contributed by atoms with Gasteiger partial charge in [0.1, 0.15) is 0 Å². The first kappa shape index (κ1) is 36.0. The van der Waals surface area contributed by atoms with E-state index >= 15 is 0 Å². The lowest BCUT2D eigenvalue weighted by Crippen LogP contribution is -2.40. The van der Waals surface area contributed by atoms with Crippen LogP contribution in [0.15, 0.2) is 212 Å². The third-order valence-electron chi connectivity index (χ3n) is 12.4. The number of hydrogen-bond acceptors (Lipinski definition) is 3. The molecule has 2 unspecified atom stereocenters. The molecule has 0 spiro atoms. The minimum absolute atomic E-state index is 0.256. The van der Waals surface area contributed by atoms with Crippen LogP contribution in [0.5, 0.6) is 0 Å². The molecule has 0 bridgehead atoms. The quantitative estimate of drug-likeness (QED) is 0.0778. The highest BCUT2D eigenvalue weighted by molar-refractivity contribution is 6.25. The zero-order chi connectivity index (χ0) is 40.0. The number of benzene rings is 11. The van der Waals surface area contributed by atoms with Gasteiger partial charge in [0, 0.05) is 6.54 Å². The molecule has 0 amide bonds. The van der Waals surface area contributed by atoms with E-state index in [1.807, 2.05) is 0 Å². The molecule has 0 heterocycles. The van der Waals surface area contributed by atoms with Gasteiger partial charge in [-0.05, 0) is 116 Å². The highest BCUT2D eigenvalue weighted by Crippen LogP contribution is 2.40. The Labute approximate surface area is 349 Å². The SMILES string of the molecule is NC(NC(NCc1ccc(-c2c3ccccc3cc3c2ccc2ccccc23)cc1)c1ccc2c3ccccc3c3ccccc3c2c1)c1ccccc1-c1ccccc1. The van der Waals surface area contributed by atoms with E-state index in [1.165, 1.54) is 81.3 Å². The van der Waals surface area contributed by atoms with E-state index in [2.05, 4.69) is 223 Å². The summed E-state index contributed by atoms with van der Waals surface area (Å²) in [6, 6.07) is 76.8. The Bertz CT molecular complexity index is 3340. The predicted octanol–water partition coefficient (Wildman–Crippen LogP) is 14.0. The lowest BCUT2D eigenvalue weighted by atomic mass is 9.89.